The topological polar surface area (TPSA) is 33.0 Å². The van der Waals surface area contributed by atoms with Crippen molar-refractivity contribution in [1.82, 2.24) is 0 Å². The molecule has 0 unspecified atom stereocenters. The van der Waals surface area contributed by atoms with E-state index < -0.39 is 0 Å². The van der Waals surface area contributed by atoms with Crippen molar-refractivity contribution in [3.05, 3.63) is 29.8 Å². The predicted molar refractivity (Wildman–Crippen MR) is 60.8 cm³/mol. The van der Waals surface area contributed by atoms with Gasteiger partial charge in [-0.1, -0.05) is 19.1 Å². The summed E-state index contributed by atoms with van der Waals surface area (Å²) < 4.78 is 5.59. The van der Waals surface area contributed by atoms with Crippen LogP contribution in [0.3, 0.4) is 0 Å². The van der Waals surface area contributed by atoms with Crippen LogP contribution in [0.1, 0.15) is 31.7 Å². The molecular formula is C13H17NO. The van der Waals surface area contributed by atoms with Gasteiger partial charge in [-0.25, -0.2) is 0 Å². The second-order valence-electron chi connectivity index (χ2n) is 3.46. The van der Waals surface area contributed by atoms with Crippen molar-refractivity contribution in [3.8, 4) is 11.8 Å². The molecule has 0 saturated heterocycles. The molecule has 0 radical (unpaired) electrons. The summed E-state index contributed by atoms with van der Waals surface area (Å²) in [5.74, 6) is 0.936. The molecule has 0 fully saturated rings. The molecule has 0 aliphatic rings. The number of hydrogen-bond acceptors (Lipinski definition) is 2. The second-order valence-corrected chi connectivity index (χ2v) is 3.46. The first-order valence-corrected chi connectivity index (χ1v) is 5.45. The molecule has 0 aliphatic carbocycles. The van der Waals surface area contributed by atoms with Gasteiger partial charge in [-0.05, 0) is 37.0 Å². The van der Waals surface area contributed by atoms with Crippen molar-refractivity contribution in [2.45, 2.75) is 32.6 Å². The number of hydrogen-bond donors (Lipinski definition) is 0. The minimum Gasteiger partial charge on any atom is -0.494 e. The molecule has 0 heterocycles. The summed E-state index contributed by atoms with van der Waals surface area (Å²) in [7, 11) is 0. The standard InChI is InChI=1S/C13H17NO/c1-2-12-7-6-8-13(11-12)15-10-5-3-4-9-14/h6-8,11H,2-5,10H2,1H3. The summed E-state index contributed by atoms with van der Waals surface area (Å²) in [5.41, 5.74) is 1.30. The van der Waals surface area contributed by atoms with E-state index in [0.29, 0.717) is 13.0 Å². The zero-order valence-electron chi connectivity index (χ0n) is 9.20. The van der Waals surface area contributed by atoms with Crippen LogP contribution in [-0.2, 0) is 6.42 Å². The van der Waals surface area contributed by atoms with E-state index in [-0.39, 0.29) is 0 Å². The summed E-state index contributed by atoms with van der Waals surface area (Å²) >= 11 is 0. The van der Waals surface area contributed by atoms with Gasteiger partial charge in [0.15, 0.2) is 0 Å². The molecule has 0 spiro atoms. The molecular weight excluding hydrogens is 186 g/mol. The highest BCUT2D eigenvalue weighted by Crippen LogP contribution is 2.14. The Kier molecular flexibility index (Phi) is 5.32. The average Bonchev–Trinajstić information content (AvgIpc) is 2.29. The van der Waals surface area contributed by atoms with E-state index in [1.54, 1.807) is 0 Å². The van der Waals surface area contributed by atoms with E-state index >= 15 is 0 Å². The number of benzene rings is 1. The van der Waals surface area contributed by atoms with Gasteiger partial charge in [-0.3, -0.25) is 0 Å². The lowest BCUT2D eigenvalue weighted by molar-refractivity contribution is 0.307. The number of ether oxygens (including phenoxy) is 1. The molecule has 0 aromatic heterocycles. The number of nitrogens with zero attached hydrogens (tertiary/aromatic N) is 1. The van der Waals surface area contributed by atoms with Gasteiger partial charge in [0.25, 0.3) is 0 Å². The van der Waals surface area contributed by atoms with Crippen LogP contribution in [0.5, 0.6) is 5.75 Å². The zero-order valence-corrected chi connectivity index (χ0v) is 9.20. The molecule has 0 aliphatic heterocycles. The van der Waals surface area contributed by atoms with Gasteiger partial charge >= 0.3 is 0 Å². The highest BCUT2D eigenvalue weighted by atomic mass is 16.5. The summed E-state index contributed by atoms with van der Waals surface area (Å²) in [6, 6.07) is 10.3. The molecule has 1 rings (SSSR count). The summed E-state index contributed by atoms with van der Waals surface area (Å²) in [6.45, 7) is 2.83. The zero-order chi connectivity index (χ0) is 10.9. The number of aryl methyl sites for hydroxylation is 1. The van der Waals surface area contributed by atoms with Gasteiger partial charge < -0.3 is 4.74 Å². The quantitative estimate of drug-likeness (QED) is 0.664. The van der Waals surface area contributed by atoms with E-state index in [1.807, 2.05) is 12.1 Å². The monoisotopic (exact) mass is 203 g/mol. The largest absolute Gasteiger partial charge is 0.494 e. The maximum atomic E-state index is 8.36. The molecule has 0 atom stereocenters. The van der Waals surface area contributed by atoms with E-state index in [1.165, 1.54) is 5.56 Å². The Morgan fingerprint density at radius 2 is 2.20 bits per heavy atom. The van der Waals surface area contributed by atoms with E-state index in [2.05, 4.69) is 25.1 Å². The third-order valence-corrected chi connectivity index (χ3v) is 2.26. The molecule has 2 nitrogen and oxygen atoms in total. The Bertz CT molecular complexity index is 328. The molecule has 1 aromatic rings. The fraction of sp³-hybridized carbons (Fsp3) is 0.462. The van der Waals surface area contributed by atoms with Crippen LogP contribution >= 0.6 is 0 Å². The van der Waals surface area contributed by atoms with Gasteiger partial charge in [0.1, 0.15) is 5.75 Å². The fourth-order valence-corrected chi connectivity index (χ4v) is 1.35. The molecule has 80 valence electrons. The SMILES string of the molecule is CCc1cccc(OCCCCC#N)c1. The second kappa shape index (κ2) is 6.89. The molecule has 0 saturated carbocycles. The van der Waals surface area contributed by atoms with Gasteiger partial charge in [-0.15, -0.1) is 0 Å². The lowest BCUT2D eigenvalue weighted by atomic mass is 10.2. The predicted octanol–water partition coefficient (Wildman–Crippen LogP) is 3.32. The maximum absolute atomic E-state index is 8.36. The highest BCUT2D eigenvalue weighted by Gasteiger charge is 1.95. The molecule has 0 bridgehead atoms. The lowest BCUT2D eigenvalue weighted by Crippen LogP contribution is -1.97. The first-order valence-electron chi connectivity index (χ1n) is 5.45. The van der Waals surface area contributed by atoms with Gasteiger partial charge in [0, 0.05) is 6.42 Å². The van der Waals surface area contributed by atoms with Crippen LogP contribution in [0.2, 0.25) is 0 Å². The van der Waals surface area contributed by atoms with Crippen LogP contribution in [0.15, 0.2) is 24.3 Å². The van der Waals surface area contributed by atoms with Crippen molar-refractivity contribution in [2.24, 2.45) is 0 Å². The van der Waals surface area contributed by atoms with Gasteiger partial charge in [0.2, 0.25) is 0 Å². The molecule has 0 amide bonds. The fourth-order valence-electron chi connectivity index (χ4n) is 1.35. The first-order chi connectivity index (χ1) is 7.36. The highest BCUT2D eigenvalue weighted by molar-refractivity contribution is 5.28. The lowest BCUT2D eigenvalue weighted by Gasteiger charge is -2.06. The summed E-state index contributed by atoms with van der Waals surface area (Å²) in [5, 5.41) is 8.36. The molecule has 2 heteroatoms. The third-order valence-electron chi connectivity index (χ3n) is 2.26. The molecule has 15 heavy (non-hydrogen) atoms. The van der Waals surface area contributed by atoms with Crippen LogP contribution in [0, 0.1) is 11.3 Å². The maximum Gasteiger partial charge on any atom is 0.119 e. The number of unbranched alkanes of at least 4 members (excludes halogenated alkanes) is 2. The minimum absolute atomic E-state index is 0.623. The van der Waals surface area contributed by atoms with Gasteiger partial charge in [0.05, 0.1) is 12.7 Å². The van der Waals surface area contributed by atoms with Crippen molar-refractivity contribution >= 4 is 0 Å². The van der Waals surface area contributed by atoms with Crippen LogP contribution in [-0.4, -0.2) is 6.61 Å². The third kappa shape index (κ3) is 4.51. The van der Waals surface area contributed by atoms with Gasteiger partial charge in [-0.2, -0.15) is 5.26 Å². The van der Waals surface area contributed by atoms with Crippen LogP contribution in [0.4, 0.5) is 0 Å². The Morgan fingerprint density at radius 3 is 2.93 bits per heavy atom. The molecule has 0 N–H and O–H groups in total. The van der Waals surface area contributed by atoms with E-state index in [0.717, 1.165) is 25.0 Å². The van der Waals surface area contributed by atoms with Crippen LogP contribution in [0.25, 0.3) is 0 Å². The smallest absolute Gasteiger partial charge is 0.119 e. The van der Waals surface area contributed by atoms with E-state index in [4.69, 9.17) is 10.00 Å². The Hall–Kier alpha value is -1.49. The van der Waals surface area contributed by atoms with Crippen molar-refractivity contribution in [1.29, 1.82) is 5.26 Å². The van der Waals surface area contributed by atoms with Crippen molar-refractivity contribution < 1.29 is 4.74 Å². The van der Waals surface area contributed by atoms with Crippen LogP contribution < -0.4 is 4.74 Å². The average molecular weight is 203 g/mol. The summed E-state index contributed by atoms with van der Waals surface area (Å²) in [6.07, 6.45) is 3.53. The van der Waals surface area contributed by atoms with Crippen molar-refractivity contribution in [3.63, 3.8) is 0 Å². The van der Waals surface area contributed by atoms with E-state index in [9.17, 15) is 0 Å². The number of nitriles is 1. The Balaban J connectivity index is 2.28. The molecule has 1 aromatic carbocycles. The first kappa shape index (κ1) is 11.6. The van der Waals surface area contributed by atoms with Crippen molar-refractivity contribution in [2.75, 3.05) is 6.61 Å². The Labute approximate surface area is 91.5 Å². The number of rotatable bonds is 6. The normalized spacial score (nSPS) is 9.60. The minimum atomic E-state index is 0.623. The Morgan fingerprint density at radius 1 is 1.33 bits per heavy atom. The summed E-state index contributed by atoms with van der Waals surface area (Å²) in [4.78, 5) is 0.